The molecule has 1 saturated carbocycles. The predicted molar refractivity (Wildman–Crippen MR) is 150 cm³/mol. The summed E-state index contributed by atoms with van der Waals surface area (Å²) in [7, 11) is 0. The average Bonchev–Trinajstić information content (AvgIpc) is 3.85. The molecule has 3 aromatic rings. The highest BCUT2D eigenvalue weighted by molar-refractivity contribution is 6.02. The molecule has 3 aromatic carbocycles. The van der Waals surface area contributed by atoms with E-state index in [-0.39, 0.29) is 37.1 Å². The van der Waals surface area contributed by atoms with Crippen molar-refractivity contribution < 1.29 is 41.4 Å². The van der Waals surface area contributed by atoms with Crippen LogP contribution in [-0.4, -0.2) is 48.1 Å². The zero-order valence-electron chi connectivity index (χ0n) is 23.2. The van der Waals surface area contributed by atoms with Crippen LogP contribution in [0.1, 0.15) is 42.4 Å². The number of amides is 1. The van der Waals surface area contributed by atoms with E-state index in [0.29, 0.717) is 44.0 Å². The Morgan fingerprint density at radius 1 is 0.953 bits per heavy atom. The minimum atomic E-state index is -1.34. The molecule has 6 nitrogen and oxygen atoms in total. The fourth-order valence-corrected chi connectivity index (χ4v) is 4.95. The van der Waals surface area contributed by atoms with Crippen LogP contribution < -0.4 is 10.1 Å². The van der Waals surface area contributed by atoms with Crippen LogP contribution >= 0.6 is 0 Å². The molecule has 0 bridgehead atoms. The van der Waals surface area contributed by atoms with Gasteiger partial charge in [-0.05, 0) is 73.5 Å². The van der Waals surface area contributed by atoms with Crippen LogP contribution in [0.2, 0.25) is 0 Å². The van der Waals surface area contributed by atoms with Gasteiger partial charge in [-0.1, -0.05) is 36.4 Å². The molecule has 0 aromatic heterocycles. The molecule has 0 spiro atoms. The predicted octanol–water partition coefficient (Wildman–Crippen LogP) is 6.03. The van der Waals surface area contributed by atoms with Gasteiger partial charge in [-0.2, -0.15) is 4.39 Å². The molecule has 43 heavy (non-hydrogen) atoms. The first-order valence-corrected chi connectivity index (χ1v) is 13.8. The van der Waals surface area contributed by atoms with E-state index in [2.05, 4.69) is 5.32 Å². The number of hydrogen-bond acceptors (Lipinski definition) is 4. The van der Waals surface area contributed by atoms with Gasteiger partial charge in [0.1, 0.15) is 0 Å². The van der Waals surface area contributed by atoms with Crippen molar-refractivity contribution in [1.29, 1.82) is 0 Å². The Kier molecular flexibility index (Phi) is 10.9. The van der Waals surface area contributed by atoms with Gasteiger partial charge in [-0.25, -0.2) is 17.6 Å². The zero-order chi connectivity index (χ0) is 30.9. The number of carbonyl (C=O) groups is 2. The third kappa shape index (κ3) is 7.98. The van der Waals surface area contributed by atoms with E-state index in [1.165, 1.54) is 12.1 Å². The largest absolute Gasteiger partial charge is 0.488 e. The number of hydrogen-bond donors (Lipinski definition) is 2. The summed E-state index contributed by atoms with van der Waals surface area (Å²) in [5.41, 5.74) is 3.57. The lowest BCUT2D eigenvalue weighted by Gasteiger charge is -2.28. The van der Waals surface area contributed by atoms with Crippen molar-refractivity contribution in [2.75, 3.05) is 19.7 Å². The summed E-state index contributed by atoms with van der Waals surface area (Å²) in [6, 6.07) is 13.3. The summed E-state index contributed by atoms with van der Waals surface area (Å²) in [5, 5.41) is 10.1. The number of rotatable bonds is 10. The monoisotopic (exact) mass is 602 g/mol. The highest BCUT2D eigenvalue weighted by atomic mass is 19.2. The highest BCUT2D eigenvalue weighted by Gasteiger charge is 2.36. The van der Waals surface area contributed by atoms with Crippen molar-refractivity contribution in [3.05, 3.63) is 106 Å². The molecule has 2 N–H and O–H groups in total. The van der Waals surface area contributed by atoms with E-state index in [9.17, 15) is 26.7 Å². The van der Waals surface area contributed by atoms with E-state index in [4.69, 9.17) is 14.6 Å². The van der Waals surface area contributed by atoms with Crippen molar-refractivity contribution in [2.24, 2.45) is 0 Å². The lowest BCUT2D eigenvalue weighted by atomic mass is 9.92. The molecule has 0 radical (unpaired) electrons. The Morgan fingerprint density at radius 2 is 1.63 bits per heavy atom. The van der Waals surface area contributed by atoms with E-state index in [1.807, 2.05) is 24.3 Å². The van der Waals surface area contributed by atoms with E-state index in [0.717, 1.165) is 41.7 Å². The summed E-state index contributed by atoms with van der Waals surface area (Å²) in [6.45, 7) is 0.862. The quantitative estimate of drug-likeness (QED) is 0.128. The van der Waals surface area contributed by atoms with Crippen LogP contribution in [-0.2, 0) is 22.6 Å². The Bertz CT molecular complexity index is 1480. The number of carboxylic acid groups (broad SMARTS) is 1. The normalized spacial score (nSPS) is 14.5. The minimum Gasteiger partial charge on any atom is -0.488 e. The summed E-state index contributed by atoms with van der Waals surface area (Å²) >= 11 is 0. The Labute approximate surface area is 245 Å². The first-order valence-electron chi connectivity index (χ1n) is 13.8. The maximum absolute atomic E-state index is 14.4. The van der Waals surface area contributed by atoms with Crippen molar-refractivity contribution >= 4 is 18.0 Å². The van der Waals surface area contributed by atoms with Gasteiger partial charge >= 0.3 is 0 Å². The third-order valence-electron chi connectivity index (χ3n) is 7.26. The standard InChI is InChI=1S/C31H29F5N2O2.CH2O2/c32-25-5-1-4-21(28(25)35)18-38(22-10-11-22)31(39)24-17-37-15-14-23(24)20-8-6-19(7-9-20)3-2-16-40-30-27(34)13-12-26(33)29(30)36;2-1-3/h1,4-9,12-13,22,37H,2-3,10-11,14-18H2;1H,(H,2,3). The smallest absolute Gasteiger partial charge is 0.290 e. The Hall–Kier alpha value is -4.25. The fraction of sp³-hybridized carbons (Fsp3) is 0.312. The molecule has 11 heteroatoms. The topological polar surface area (TPSA) is 78.9 Å². The van der Waals surface area contributed by atoms with Gasteiger partial charge in [-0.3, -0.25) is 9.59 Å². The van der Waals surface area contributed by atoms with Gasteiger partial charge in [0.05, 0.1) is 6.61 Å². The molecule has 1 heterocycles. The number of ether oxygens (including phenoxy) is 1. The van der Waals surface area contributed by atoms with Crippen LogP contribution in [0.3, 0.4) is 0 Å². The molecule has 1 aliphatic carbocycles. The van der Waals surface area contributed by atoms with Crippen molar-refractivity contribution in [2.45, 2.75) is 44.7 Å². The van der Waals surface area contributed by atoms with Crippen LogP contribution in [0, 0.1) is 29.1 Å². The van der Waals surface area contributed by atoms with Crippen LogP contribution in [0.4, 0.5) is 22.0 Å². The van der Waals surface area contributed by atoms with Crippen LogP contribution in [0.25, 0.3) is 5.57 Å². The number of nitrogens with one attached hydrogen (secondary N) is 1. The molecule has 0 unspecified atom stereocenters. The fourth-order valence-electron chi connectivity index (χ4n) is 4.95. The lowest BCUT2D eigenvalue weighted by Crippen LogP contribution is -2.39. The van der Waals surface area contributed by atoms with Crippen LogP contribution in [0.5, 0.6) is 5.75 Å². The van der Waals surface area contributed by atoms with Crippen LogP contribution in [0.15, 0.2) is 60.2 Å². The maximum atomic E-state index is 14.4. The minimum absolute atomic E-state index is 0.00441. The van der Waals surface area contributed by atoms with E-state index >= 15 is 0 Å². The first-order chi connectivity index (χ1) is 20.7. The Morgan fingerprint density at radius 3 is 2.33 bits per heavy atom. The average molecular weight is 603 g/mol. The SMILES string of the molecule is O=C(C1=C(c2ccc(CCCOc3c(F)ccc(F)c3F)cc2)CCNC1)N(Cc1cccc(F)c1F)C1CC1.O=CO. The summed E-state index contributed by atoms with van der Waals surface area (Å²) in [6.07, 6.45) is 3.33. The van der Waals surface area contributed by atoms with Crippen molar-refractivity contribution in [3.63, 3.8) is 0 Å². The van der Waals surface area contributed by atoms with Crippen molar-refractivity contribution in [3.8, 4) is 5.75 Å². The number of benzene rings is 3. The second kappa shape index (κ2) is 14.8. The summed E-state index contributed by atoms with van der Waals surface area (Å²) < 4.78 is 74.1. The highest BCUT2D eigenvalue weighted by Crippen LogP contribution is 2.33. The summed E-state index contributed by atoms with van der Waals surface area (Å²) in [4.78, 5) is 23.7. The molecule has 0 saturated heterocycles. The second-order valence-electron chi connectivity index (χ2n) is 10.2. The number of nitrogens with zero attached hydrogens (tertiary/aromatic N) is 1. The van der Waals surface area contributed by atoms with Crippen molar-refractivity contribution in [1.82, 2.24) is 10.2 Å². The molecule has 228 valence electrons. The van der Waals surface area contributed by atoms with Gasteiger partial charge in [0.2, 0.25) is 5.82 Å². The molecule has 1 amide bonds. The van der Waals surface area contributed by atoms with E-state index < -0.39 is 34.8 Å². The molecule has 0 atom stereocenters. The van der Waals surface area contributed by atoms with Gasteiger partial charge in [0.15, 0.2) is 29.0 Å². The van der Waals surface area contributed by atoms with Gasteiger partial charge in [0.25, 0.3) is 12.4 Å². The maximum Gasteiger partial charge on any atom is 0.290 e. The lowest BCUT2D eigenvalue weighted by molar-refractivity contribution is -0.128. The van der Waals surface area contributed by atoms with Gasteiger partial charge in [-0.15, -0.1) is 0 Å². The second-order valence-corrected chi connectivity index (χ2v) is 10.2. The first kappa shape index (κ1) is 31.7. The molecular formula is C32H31F5N2O4. The number of aryl methyl sites for hydroxylation is 1. The molecule has 1 fully saturated rings. The third-order valence-corrected chi connectivity index (χ3v) is 7.26. The molecule has 5 rings (SSSR count). The number of halogens is 5. The number of carbonyl (C=O) groups excluding carboxylic acids is 1. The van der Waals surface area contributed by atoms with E-state index in [1.54, 1.807) is 4.90 Å². The zero-order valence-corrected chi connectivity index (χ0v) is 23.2. The molecule has 2 aliphatic rings. The summed E-state index contributed by atoms with van der Waals surface area (Å²) in [5.74, 6) is -6.21. The van der Waals surface area contributed by atoms with Gasteiger partial charge in [0, 0.05) is 30.3 Å². The molecular weight excluding hydrogens is 571 g/mol. The molecule has 1 aliphatic heterocycles. The van der Waals surface area contributed by atoms with Gasteiger partial charge < -0.3 is 20.1 Å². The Balaban J connectivity index is 0.00000135.